The summed E-state index contributed by atoms with van der Waals surface area (Å²) >= 11 is 0. The normalized spacial score (nSPS) is 17.4. The van der Waals surface area contributed by atoms with Crippen LogP contribution in [0.2, 0.25) is 0 Å². The second kappa shape index (κ2) is 7.90. The molecule has 7 heteroatoms. The van der Waals surface area contributed by atoms with E-state index in [1.807, 2.05) is 42.5 Å². The number of carbonyl (C=O) groups is 2. The van der Waals surface area contributed by atoms with Gasteiger partial charge in [-0.05, 0) is 28.8 Å². The molecule has 0 saturated carbocycles. The molecular formula is C21H22N2O5. The van der Waals surface area contributed by atoms with E-state index < -0.39 is 6.04 Å². The number of amides is 2. The van der Waals surface area contributed by atoms with Gasteiger partial charge >= 0.3 is 0 Å². The van der Waals surface area contributed by atoms with Crippen LogP contribution in [0.25, 0.3) is 0 Å². The number of hydrogen-bond acceptors (Lipinski definition) is 5. The first kappa shape index (κ1) is 18.3. The first-order valence-electron chi connectivity index (χ1n) is 9.20. The Balaban J connectivity index is 1.53. The molecule has 0 bridgehead atoms. The second-order valence-electron chi connectivity index (χ2n) is 6.76. The summed E-state index contributed by atoms with van der Waals surface area (Å²) in [4.78, 5) is 27.3. The van der Waals surface area contributed by atoms with Crippen LogP contribution in [0.4, 0.5) is 0 Å². The van der Waals surface area contributed by atoms with E-state index in [1.54, 1.807) is 12.0 Å². The van der Waals surface area contributed by atoms with E-state index in [4.69, 9.17) is 14.2 Å². The number of methoxy groups -OCH3 is 1. The molecule has 2 aromatic carbocycles. The third kappa shape index (κ3) is 3.53. The van der Waals surface area contributed by atoms with Crippen LogP contribution in [-0.2, 0) is 27.3 Å². The first-order valence-corrected chi connectivity index (χ1v) is 9.20. The Morgan fingerprint density at radius 1 is 1.21 bits per heavy atom. The van der Waals surface area contributed by atoms with Gasteiger partial charge in [-0.2, -0.15) is 0 Å². The molecule has 2 amide bonds. The molecule has 2 aliphatic rings. The van der Waals surface area contributed by atoms with Gasteiger partial charge in [0.2, 0.25) is 18.6 Å². The van der Waals surface area contributed by atoms with Gasteiger partial charge < -0.3 is 24.4 Å². The van der Waals surface area contributed by atoms with Crippen molar-refractivity contribution in [2.75, 3.05) is 27.1 Å². The van der Waals surface area contributed by atoms with Crippen molar-refractivity contribution in [3.63, 3.8) is 0 Å². The van der Waals surface area contributed by atoms with Gasteiger partial charge in [0.25, 0.3) is 0 Å². The van der Waals surface area contributed by atoms with Gasteiger partial charge in [-0.25, -0.2) is 0 Å². The van der Waals surface area contributed by atoms with Crippen molar-refractivity contribution in [3.05, 3.63) is 59.2 Å². The monoisotopic (exact) mass is 382 g/mol. The van der Waals surface area contributed by atoms with Crippen molar-refractivity contribution in [1.29, 1.82) is 0 Å². The van der Waals surface area contributed by atoms with Crippen LogP contribution < -0.4 is 14.8 Å². The van der Waals surface area contributed by atoms with E-state index >= 15 is 0 Å². The molecule has 0 aliphatic carbocycles. The SMILES string of the molecule is COCCN1C(=O)Cc2ccccc2C1C(=O)NCc1ccc2c(c1)OCO2. The summed E-state index contributed by atoms with van der Waals surface area (Å²) < 4.78 is 15.8. The minimum Gasteiger partial charge on any atom is -0.454 e. The van der Waals surface area contributed by atoms with Crippen molar-refractivity contribution >= 4 is 11.8 Å². The van der Waals surface area contributed by atoms with Gasteiger partial charge in [0.1, 0.15) is 6.04 Å². The van der Waals surface area contributed by atoms with Crippen LogP contribution in [0.3, 0.4) is 0 Å². The highest BCUT2D eigenvalue weighted by atomic mass is 16.7. The highest BCUT2D eigenvalue weighted by Crippen LogP contribution is 2.33. The van der Waals surface area contributed by atoms with Gasteiger partial charge in [-0.15, -0.1) is 0 Å². The van der Waals surface area contributed by atoms with Gasteiger partial charge in [0.15, 0.2) is 11.5 Å². The van der Waals surface area contributed by atoms with E-state index in [0.29, 0.717) is 37.6 Å². The van der Waals surface area contributed by atoms with Crippen molar-refractivity contribution in [1.82, 2.24) is 10.2 Å². The molecular weight excluding hydrogens is 360 g/mol. The van der Waals surface area contributed by atoms with Crippen LogP contribution in [0.1, 0.15) is 22.7 Å². The van der Waals surface area contributed by atoms with Gasteiger partial charge in [0, 0.05) is 20.2 Å². The molecule has 28 heavy (non-hydrogen) atoms. The molecule has 146 valence electrons. The predicted octanol–water partition coefficient (Wildman–Crippen LogP) is 1.80. The zero-order valence-corrected chi connectivity index (χ0v) is 15.6. The molecule has 1 atom stereocenters. The van der Waals surface area contributed by atoms with Crippen molar-refractivity contribution in [2.24, 2.45) is 0 Å². The summed E-state index contributed by atoms with van der Waals surface area (Å²) in [5, 5.41) is 2.96. The molecule has 4 rings (SSSR count). The fourth-order valence-electron chi connectivity index (χ4n) is 3.60. The molecule has 0 spiro atoms. The average Bonchev–Trinajstić information content (AvgIpc) is 3.18. The minimum atomic E-state index is -0.665. The maximum absolute atomic E-state index is 13.1. The Morgan fingerprint density at radius 2 is 2.04 bits per heavy atom. The Bertz CT molecular complexity index is 898. The number of nitrogens with one attached hydrogen (secondary N) is 1. The number of rotatable bonds is 6. The third-order valence-electron chi connectivity index (χ3n) is 5.01. The summed E-state index contributed by atoms with van der Waals surface area (Å²) in [6, 6.07) is 12.5. The summed E-state index contributed by atoms with van der Waals surface area (Å²) in [5.41, 5.74) is 2.65. The number of benzene rings is 2. The number of ether oxygens (including phenoxy) is 3. The Kier molecular flexibility index (Phi) is 5.16. The third-order valence-corrected chi connectivity index (χ3v) is 5.01. The molecule has 2 aliphatic heterocycles. The molecule has 0 saturated heterocycles. The smallest absolute Gasteiger partial charge is 0.247 e. The lowest BCUT2D eigenvalue weighted by atomic mass is 9.91. The lowest BCUT2D eigenvalue weighted by Gasteiger charge is -2.36. The molecule has 2 aromatic rings. The molecule has 0 aromatic heterocycles. The number of fused-ring (bicyclic) bond motifs is 2. The lowest BCUT2D eigenvalue weighted by Crippen LogP contribution is -2.48. The summed E-state index contributed by atoms with van der Waals surface area (Å²) in [5.74, 6) is 1.09. The topological polar surface area (TPSA) is 77.1 Å². The maximum Gasteiger partial charge on any atom is 0.247 e. The van der Waals surface area contributed by atoms with Crippen molar-refractivity contribution in [3.8, 4) is 11.5 Å². The van der Waals surface area contributed by atoms with E-state index in [-0.39, 0.29) is 18.6 Å². The van der Waals surface area contributed by atoms with E-state index in [2.05, 4.69) is 5.32 Å². The molecule has 0 radical (unpaired) electrons. The Hall–Kier alpha value is -3.06. The Labute approximate surface area is 163 Å². The van der Waals surface area contributed by atoms with Crippen LogP contribution in [-0.4, -0.2) is 43.8 Å². The van der Waals surface area contributed by atoms with Crippen LogP contribution in [0.15, 0.2) is 42.5 Å². The second-order valence-corrected chi connectivity index (χ2v) is 6.76. The standard InChI is InChI=1S/C21H22N2O5/c1-26-9-8-23-19(24)11-15-4-2-3-5-16(15)20(23)21(25)22-12-14-6-7-17-18(10-14)28-13-27-17/h2-7,10,20H,8-9,11-13H2,1H3,(H,22,25). The lowest BCUT2D eigenvalue weighted by molar-refractivity contribution is -0.142. The quantitative estimate of drug-likeness (QED) is 0.825. The molecule has 0 fully saturated rings. The molecule has 2 heterocycles. The molecule has 7 nitrogen and oxygen atoms in total. The summed E-state index contributed by atoms with van der Waals surface area (Å²) in [7, 11) is 1.58. The van der Waals surface area contributed by atoms with Crippen LogP contribution in [0, 0.1) is 0 Å². The largest absolute Gasteiger partial charge is 0.454 e. The van der Waals surface area contributed by atoms with E-state index in [9.17, 15) is 9.59 Å². The zero-order chi connectivity index (χ0) is 19.5. The molecule has 1 unspecified atom stereocenters. The van der Waals surface area contributed by atoms with Crippen molar-refractivity contribution < 1.29 is 23.8 Å². The van der Waals surface area contributed by atoms with E-state index in [0.717, 1.165) is 16.7 Å². The van der Waals surface area contributed by atoms with Crippen LogP contribution >= 0.6 is 0 Å². The Morgan fingerprint density at radius 3 is 2.89 bits per heavy atom. The van der Waals surface area contributed by atoms with Gasteiger partial charge in [-0.1, -0.05) is 30.3 Å². The number of hydrogen-bond donors (Lipinski definition) is 1. The maximum atomic E-state index is 13.1. The fourth-order valence-corrected chi connectivity index (χ4v) is 3.60. The van der Waals surface area contributed by atoms with Crippen molar-refractivity contribution in [2.45, 2.75) is 19.0 Å². The average molecular weight is 382 g/mol. The van der Waals surface area contributed by atoms with Gasteiger partial charge in [-0.3, -0.25) is 9.59 Å². The highest BCUT2D eigenvalue weighted by molar-refractivity contribution is 5.92. The fraction of sp³-hybridized carbons (Fsp3) is 0.333. The van der Waals surface area contributed by atoms with Crippen LogP contribution in [0.5, 0.6) is 11.5 Å². The minimum absolute atomic E-state index is 0.0704. The highest BCUT2D eigenvalue weighted by Gasteiger charge is 2.36. The zero-order valence-electron chi connectivity index (χ0n) is 15.6. The number of carbonyl (C=O) groups excluding carboxylic acids is 2. The van der Waals surface area contributed by atoms with Gasteiger partial charge in [0.05, 0.1) is 13.0 Å². The van der Waals surface area contributed by atoms with E-state index in [1.165, 1.54) is 0 Å². The predicted molar refractivity (Wildman–Crippen MR) is 101 cm³/mol. The number of nitrogens with zero attached hydrogens (tertiary/aromatic N) is 1. The molecule has 1 N–H and O–H groups in total. The first-order chi connectivity index (χ1) is 13.7. The summed E-state index contributed by atoms with van der Waals surface area (Å²) in [6.07, 6.45) is 0.297. The summed E-state index contributed by atoms with van der Waals surface area (Å²) in [6.45, 7) is 1.28.